The monoisotopic (exact) mass is 568 g/mol. The second-order valence-corrected chi connectivity index (χ2v) is 10.7. The van der Waals surface area contributed by atoms with Gasteiger partial charge >= 0.3 is 0 Å². The Morgan fingerprint density at radius 1 is 1.21 bits per heavy atom. The zero-order chi connectivity index (χ0) is 23.7. The summed E-state index contributed by atoms with van der Waals surface area (Å²) < 4.78 is 12.7. The summed E-state index contributed by atoms with van der Waals surface area (Å²) in [7, 11) is 1.63. The summed E-state index contributed by atoms with van der Waals surface area (Å²) in [4.78, 5) is 12.7. The van der Waals surface area contributed by atoms with Gasteiger partial charge in [0.15, 0.2) is 11.5 Å². The number of methoxy groups -OCH3 is 1. The number of hydrazone groups is 1. The van der Waals surface area contributed by atoms with E-state index in [1.54, 1.807) is 13.3 Å². The lowest BCUT2D eigenvalue weighted by molar-refractivity contribution is -0.123. The van der Waals surface area contributed by atoms with Gasteiger partial charge in [-0.05, 0) is 80.8 Å². The summed E-state index contributed by atoms with van der Waals surface area (Å²) in [6.45, 7) is 2.69. The van der Waals surface area contributed by atoms with E-state index in [4.69, 9.17) is 9.47 Å². The smallest absolute Gasteiger partial charge is 0.244 e. The molecule has 34 heavy (non-hydrogen) atoms. The van der Waals surface area contributed by atoms with Crippen molar-refractivity contribution in [2.45, 2.75) is 39.2 Å². The van der Waals surface area contributed by atoms with Crippen LogP contribution in [0.4, 0.5) is 0 Å². The average molecular weight is 568 g/mol. The third kappa shape index (κ3) is 4.40. The molecule has 3 atom stereocenters. The van der Waals surface area contributed by atoms with Gasteiger partial charge < -0.3 is 9.47 Å². The number of ether oxygens (including phenoxy) is 2. The second kappa shape index (κ2) is 9.56. The lowest BCUT2D eigenvalue weighted by atomic mass is 9.90. The molecule has 0 bridgehead atoms. The number of amides is 1. The summed E-state index contributed by atoms with van der Waals surface area (Å²) >= 11 is 2.25. The van der Waals surface area contributed by atoms with Crippen LogP contribution in [0.3, 0.4) is 0 Å². The molecule has 5 nitrogen and oxygen atoms in total. The number of hydrogen-bond donors (Lipinski definition) is 1. The fourth-order valence-electron chi connectivity index (χ4n) is 5.61. The number of fused-ring (bicyclic) bond motifs is 2. The Morgan fingerprint density at radius 3 is 2.82 bits per heavy atom. The van der Waals surface area contributed by atoms with Gasteiger partial charge in [0.2, 0.25) is 5.91 Å². The molecule has 6 heteroatoms. The second-order valence-electron chi connectivity index (χ2n) is 9.53. The molecule has 3 aromatic rings. The van der Waals surface area contributed by atoms with Crippen LogP contribution in [0.15, 0.2) is 59.7 Å². The van der Waals surface area contributed by atoms with Crippen molar-refractivity contribution in [1.82, 2.24) is 5.43 Å². The van der Waals surface area contributed by atoms with E-state index in [-0.39, 0.29) is 17.2 Å². The Labute approximate surface area is 214 Å². The molecule has 0 spiro atoms. The molecule has 0 heterocycles. The van der Waals surface area contributed by atoms with Crippen LogP contribution in [-0.2, 0) is 11.4 Å². The third-order valence-electron chi connectivity index (χ3n) is 7.51. The van der Waals surface area contributed by atoms with Gasteiger partial charge in [-0.25, -0.2) is 5.43 Å². The first-order valence-electron chi connectivity index (χ1n) is 11.8. The Bertz CT molecular complexity index is 1250. The minimum Gasteiger partial charge on any atom is -0.493 e. The van der Waals surface area contributed by atoms with Crippen molar-refractivity contribution in [2.75, 3.05) is 7.11 Å². The number of hydrogen-bond acceptors (Lipinski definition) is 4. The van der Waals surface area contributed by atoms with Gasteiger partial charge in [-0.3, -0.25) is 4.79 Å². The van der Waals surface area contributed by atoms with Crippen molar-refractivity contribution < 1.29 is 14.3 Å². The number of rotatable bonds is 7. The molecule has 0 radical (unpaired) electrons. The molecular weight excluding hydrogens is 539 g/mol. The summed E-state index contributed by atoms with van der Waals surface area (Å²) in [5, 5.41) is 6.62. The van der Waals surface area contributed by atoms with E-state index in [1.165, 1.54) is 23.6 Å². The SMILES string of the molecule is COc1cc(C=NNC(=O)C2C3CCCCC32C)cc(I)c1OCc1cccc2ccccc12. The number of nitrogens with one attached hydrogen (secondary N) is 1. The number of benzene rings is 3. The predicted molar refractivity (Wildman–Crippen MR) is 143 cm³/mol. The van der Waals surface area contributed by atoms with E-state index in [1.807, 2.05) is 30.3 Å². The molecule has 1 amide bonds. The van der Waals surface area contributed by atoms with E-state index >= 15 is 0 Å². The summed E-state index contributed by atoms with van der Waals surface area (Å²) in [6, 6.07) is 18.4. The topological polar surface area (TPSA) is 59.9 Å². The molecule has 0 aliphatic heterocycles. The summed E-state index contributed by atoms with van der Waals surface area (Å²) in [5.74, 6) is 2.01. The average Bonchev–Trinajstić information content (AvgIpc) is 3.48. The minimum absolute atomic E-state index is 0.0438. The molecule has 2 fully saturated rings. The highest BCUT2D eigenvalue weighted by atomic mass is 127. The number of halogens is 1. The first-order valence-corrected chi connectivity index (χ1v) is 12.9. The first-order chi connectivity index (χ1) is 16.5. The summed E-state index contributed by atoms with van der Waals surface area (Å²) in [6.07, 6.45) is 6.45. The fraction of sp³-hybridized carbons (Fsp3) is 0.357. The molecule has 176 valence electrons. The van der Waals surface area contributed by atoms with Gasteiger partial charge in [0.05, 0.1) is 16.9 Å². The van der Waals surface area contributed by atoms with Crippen molar-refractivity contribution in [3.05, 3.63) is 69.3 Å². The van der Waals surface area contributed by atoms with Gasteiger partial charge in [0.1, 0.15) is 6.61 Å². The molecule has 3 unspecified atom stereocenters. The minimum atomic E-state index is 0.0438. The van der Waals surface area contributed by atoms with E-state index in [0.717, 1.165) is 27.5 Å². The van der Waals surface area contributed by atoms with Crippen molar-refractivity contribution in [3.8, 4) is 11.5 Å². The molecule has 0 saturated heterocycles. The lowest BCUT2D eigenvalue weighted by Crippen LogP contribution is -2.22. The third-order valence-corrected chi connectivity index (χ3v) is 8.31. The Balaban J connectivity index is 1.26. The predicted octanol–water partition coefficient (Wildman–Crippen LogP) is 6.31. The standard InChI is InChI=1S/C28H29IN2O3/c1-28-13-6-5-12-22(28)25(28)27(32)31-30-16-18-14-23(29)26(24(15-18)33-2)34-17-20-10-7-9-19-8-3-4-11-21(19)20/h3-4,7-11,14-16,22,25H,5-6,12-13,17H2,1-2H3,(H,31,32). The van der Waals surface area contributed by atoms with Gasteiger partial charge in [-0.1, -0.05) is 62.2 Å². The number of carbonyl (C=O) groups excluding carboxylic acids is 1. The molecular formula is C28H29IN2O3. The number of nitrogens with zero attached hydrogens (tertiary/aromatic N) is 1. The highest BCUT2D eigenvalue weighted by Gasteiger charge is 2.64. The van der Waals surface area contributed by atoms with Crippen LogP contribution in [0.5, 0.6) is 11.5 Å². The maximum Gasteiger partial charge on any atom is 0.244 e. The van der Waals surface area contributed by atoms with Crippen molar-refractivity contribution >= 4 is 45.5 Å². The van der Waals surface area contributed by atoms with Crippen LogP contribution in [-0.4, -0.2) is 19.2 Å². The van der Waals surface area contributed by atoms with Crippen LogP contribution < -0.4 is 14.9 Å². The van der Waals surface area contributed by atoms with Crippen molar-refractivity contribution in [3.63, 3.8) is 0 Å². The quantitative estimate of drug-likeness (QED) is 0.207. The highest BCUT2D eigenvalue weighted by Crippen LogP contribution is 2.66. The Kier molecular flexibility index (Phi) is 6.51. The largest absolute Gasteiger partial charge is 0.493 e. The van der Waals surface area contributed by atoms with Crippen molar-refractivity contribution in [1.29, 1.82) is 0 Å². The molecule has 3 aromatic carbocycles. The van der Waals surface area contributed by atoms with Crippen LogP contribution in [0, 0.1) is 20.8 Å². The maximum atomic E-state index is 12.7. The maximum absolute atomic E-state index is 12.7. The van der Waals surface area contributed by atoms with Crippen LogP contribution in [0.2, 0.25) is 0 Å². The zero-order valence-corrected chi connectivity index (χ0v) is 21.7. The fourth-order valence-corrected chi connectivity index (χ4v) is 6.39. The zero-order valence-electron chi connectivity index (χ0n) is 19.5. The molecule has 0 aromatic heterocycles. The van der Waals surface area contributed by atoms with Gasteiger partial charge in [0.25, 0.3) is 0 Å². The van der Waals surface area contributed by atoms with Gasteiger partial charge in [-0.2, -0.15) is 5.10 Å². The lowest BCUT2D eigenvalue weighted by Gasteiger charge is -2.15. The first kappa shape index (κ1) is 23.1. The van der Waals surface area contributed by atoms with Crippen molar-refractivity contribution in [2.24, 2.45) is 22.4 Å². The summed E-state index contributed by atoms with van der Waals surface area (Å²) in [5.41, 5.74) is 4.92. The number of carbonyl (C=O) groups is 1. The normalized spacial score (nSPS) is 23.5. The van der Waals surface area contributed by atoms with E-state index in [2.05, 4.69) is 64.3 Å². The van der Waals surface area contributed by atoms with Gasteiger partial charge in [-0.15, -0.1) is 0 Å². The highest BCUT2D eigenvalue weighted by molar-refractivity contribution is 14.1. The van der Waals surface area contributed by atoms with Crippen LogP contribution in [0.1, 0.15) is 43.7 Å². The molecule has 5 rings (SSSR count). The van der Waals surface area contributed by atoms with Gasteiger partial charge in [0, 0.05) is 5.92 Å². The molecule has 2 aliphatic rings. The van der Waals surface area contributed by atoms with E-state index < -0.39 is 0 Å². The molecule has 1 N–H and O–H groups in total. The van der Waals surface area contributed by atoms with E-state index in [9.17, 15) is 4.79 Å². The Hall–Kier alpha value is -2.61. The Morgan fingerprint density at radius 2 is 2.03 bits per heavy atom. The van der Waals surface area contributed by atoms with Crippen LogP contribution in [0.25, 0.3) is 10.8 Å². The molecule has 2 saturated carbocycles. The van der Waals surface area contributed by atoms with E-state index in [0.29, 0.717) is 24.0 Å². The van der Waals surface area contributed by atoms with Crippen LogP contribution >= 0.6 is 22.6 Å². The molecule has 2 aliphatic carbocycles.